The molecule has 2 aromatic rings. The SMILES string of the molecule is CCc1cc2ccc(C(=O)O)cc2o1. The molecule has 0 spiro atoms. The zero-order valence-electron chi connectivity index (χ0n) is 7.78. The summed E-state index contributed by atoms with van der Waals surface area (Å²) in [6.45, 7) is 2.00. The average molecular weight is 190 g/mol. The molecule has 0 saturated carbocycles. The highest BCUT2D eigenvalue weighted by Gasteiger charge is 2.06. The Hall–Kier alpha value is -1.77. The molecule has 0 radical (unpaired) electrons. The molecule has 0 aliphatic rings. The maximum absolute atomic E-state index is 10.7. The monoisotopic (exact) mass is 190 g/mol. The molecule has 1 heterocycles. The van der Waals surface area contributed by atoms with Crippen LogP contribution >= 0.6 is 0 Å². The van der Waals surface area contributed by atoms with Crippen molar-refractivity contribution in [2.24, 2.45) is 0 Å². The van der Waals surface area contributed by atoms with Crippen molar-refractivity contribution in [2.45, 2.75) is 13.3 Å². The number of carboxylic acid groups (broad SMARTS) is 1. The number of rotatable bonds is 2. The van der Waals surface area contributed by atoms with Crippen LogP contribution in [0.1, 0.15) is 23.0 Å². The summed E-state index contributed by atoms with van der Waals surface area (Å²) in [5.74, 6) is -0.0520. The van der Waals surface area contributed by atoms with Crippen LogP contribution in [-0.4, -0.2) is 11.1 Å². The molecule has 2 rings (SSSR count). The van der Waals surface area contributed by atoms with Gasteiger partial charge in [-0.05, 0) is 18.2 Å². The molecule has 0 aliphatic heterocycles. The number of aryl methyl sites for hydroxylation is 1. The molecule has 3 heteroatoms. The third kappa shape index (κ3) is 1.37. The molecule has 0 unspecified atom stereocenters. The summed E-state index contributed by atoms with van der Waals surface area (Å²) >= 11 is 0. The highest BCUT2D eigenvalue weighted by molar-refractivity contribution is 5.92. The van der Waals surface area contributed by atoms with Gasteiger partial charge in [-0.1, -0.05) is 13.0 Å². The third-order valence-corrected chi connectivity index (χ3v) is 2.17. The van der Waals surface area contributed by atoms with Crippen molar-refractivity contribution >= 4 is 16.9 Å². The van der Waals surface area contributed by atoms with Crippen LogP contribution in [0.3, 0.4) is 0 Å². The van der Waals surface area contributed by atoms with Crippen LogP contribution in [0.25, 0.3) is 11.0 Å². The molecule has 0 amide bonds. The number of hydrogen-bond donors (Lipinski definition) is 1. The van der Waals surface area contributed by atoms with Gasteiger partial charge in [0.2, 0.25) is 0 Å². The number of fused-ring (bicyclic) bond motifs is 1. The first-order valence-electron chi connectivity index (χ1n) is 4.46. The first-order chi connectivity index (χ1) is 6.70. The van der Waals surface area contributed by atoms with Gasteiger partial charge in [0.25, 0.3) is 0 Å². The number of carboxylic acids is 1. The lowest BCUT2D eigenvalue weighted by Gasteiger charge is -1.92. The minimum atomic E-state index is -0.929. The maximum atomic E-state index is 10.7. The van der Waals surface area contributed by atoms with E-state index in [0.717, 1.165) is 17.6 Å². The van der Waals surface area contributed by atoms with E-state index in [1.807, 2.05) is 13.0 Å². The molecule has 14 heavy (non-hydrogen) atoms. The first kappa shape index (κ1) is 8.81. The van der Waals surface area contributed by atoms with Crippen molar-refractivity contribution in [3.63, 3.8) is 0 Å². The lowest BCUT2D eigenvalue weighted by Crippen LogP contribution is -1.94. The van der Waals surface area contributed by atoms with Crippen molar-refractivity contribution < 1.29 is 14.3 Å². The summed E-state index contributed by atoms with van der Waals surface area (Å²) in [6.07, 6.45) is 0.817. The molecule has 0 atom stereocenters. The predicted molar refractivity (Wildman–Crippen MR) is 52.6 cm³/mol. The number of aromatic carboxylic acids is 1. The normalized spacial score (nSPS) is 10.6. The van der Waals surface area contributed by atoms with Gasteiger partial charge < -0.3 is 9.52 Å². The Morgan fingerprint density at radius 2 is 2.21 bits per heavy atom. The quantitative estimate of drug-likeness (QED) is 0.792. The van der Waals surface area contributed by atoms with Crippen LogP contribution in [0.2, 0.25) is 0 Å². The molecule has 0 bridgehead atoms. The summed E-state index contributed by atoms with van der Waals surface area (Å²) in [6, 6.07) is 6.83. The molecule has 0 aliphatic carbocycles. The fourth-order valence-electron chi connectivity index (χ4n) is 1.39. The zero-order chi connectivity index (χ0) is 10.1. The molecule has 0 saturated heterocycles. The van der Waals surface area contributed by atoms with Crippen LogP contribution in [0, 0.1) is 0 Å². The Bertz CT molecular complexity index is 482. The molecule has 3 nitrogen and oxygen atoms in total. The Morgan fingerprint density at radius 3 is 2.86 bits per heavy atom. The van der Waals surface area contributed by atoms with Gasteiger partial charge >= 0.3 is 5.97 Å². The average Bonchev–Trinajstić information content (AvgIpc) is 2.58. The van der Waals surface area contributed by atoms with Gasteiger partial charge in [-0.3, -0.25) is 0 Å². The predicted octanol–water partition coefficient (Wildman–Crippen LogP) is 2.69. The first-order valence-corrected chi connectivity index (χ1v) is 4.46. The largest absolute Gasteiger partial charge is 0.478 e. The number of hydrogen-bond acceptors (Lipinski definition) is 2. The van der Waals surface area contributed by atoms with E-state index in [1.54, 1.807) is 18.2 Å². The van der Waals surface area contributed by atoms with Crippen LogP contribution in [0.5, 0.6) is 0 Å². The summed E-state index contributed by atoms with van der Waals surface area (Å²) in [5.41, 5.74) is 0.899. The minimum absolute atomic E-state index is 0.259. The van der Waals surface area contributed by atoms with Gasteiger partial charge in [0, 0.05) is 11.8 Å². The zero-order valence-corrected chi connectivity index (χ0v) is 7.78. The number of carbonyl (C=O) groups is 1. The summed E-state index contributed by atoms with van der Waals surface area (Å²) in [4.78, 5) is 10.7. The lowest BCUT2D eigenvalue weighted by atomic mass is 10.2. The summed E-state index contributed by atoms with van der Waals surface area (Å²) in [7, 11) is 0. The second kappa shape index (κ2) is 3.18. The third-order valence-electron chi connectivity index (χ3n) is 2.17. The van der Waals surface area contributed by atoms with Gasteiger partial charge in [-0.25, -0.2) is 4.79 Å². The second-order valence-electron chi connectivity index (χ2n) is 3.12. The van der Waals surface area contributed by atoms with E-state index in [4.69, 9.17) is 9.52 Å². The van der Waals surface area contributed by atoms with E-state index in [1.165, 1.54) is 0 Å². The molecular formula is C11H10O3. The Morgan fingerprint density at radius 1 is 1.43 bits per heavy atom. The number of furan rings is 1. The maximum Gasteiger partial charge on any atom is 0.335 e. The van der Waals surface area contributed by atoms with Gasteiger partial charge in [-0.2, -0.15) is 0 Å². The summed E-state index contributed by atoms with van der Waals surface area (Å²) < 4.78 is 5.44. The van der Waals surface area contributed by atoms with E-state index in [9.17, 15) is 4.79 Å². The Kier molecular flexibility index (Phi) is 2.00. The Labute approximate surface area is 81.0 Å². The Balaban J connectivity index is 2.59. The van der Waals surface area contributed by atoms with Crippen LogP contribution in [-0.2, 0) is 6.42 Å². The molecule has 72 valence electrons. The fraction of sp³-hybridized carbons (Fsp3) is 0.182. The van der Waals surface area contributed by atoms with Crippen molar-refractivity contribution in [1.82, 2.24) is 0 Å². The van der Waals surface area contributed by atoms with Crippen molar-refractivity contribution in [3.05, 3.63) is 35.6 Å². The van der Waals surface area contributed by atoms with Gasteiger partial charge in [0.1, 0.15) is 11.3 Å². The minimum Gasteiger partial charge on any atom is -0.478 e. The molecular weight excluding hydrogens is 180 g/mol. The van der Waals surface area contributed by atoms with Crippen LogP contribution < -0.4 is 0 Å². The van der Waals surface area contributed by atoms with Crippen LogP contribution in [0.15, 0.2) is 28.7 Å². The molecule has 0 fully saturated rings. The van der Waals surface area contributed by atoms with Crippen molar-refractivity contribution in [1.29, 1.82) is 0 Å². The van der Waals surface area contributed by atoms with Gasteiger partial charge in [0.15, 0.2) is 0 Å². The molecule has 1 aromatic heterocycles. The van der Waals surface area contributed by atoms with E-state index in [0.29, 0.717) is 5.58 Å². The number of benzene rings is 1. The topological polar surface area (TPSA) is 50.4 Å². The highest BCUT2D eigenvalue weighted by atomic mass is 16.4. The molecule has 1 aromatic carbocycles. The van der Waals surface area contributed by atoms with Gasteiger partial charge in [0.05, 0.1) is 5.56 Å². The highest BCUT2D eigenvalue weighted by Crippen LogP contribution is 2.20. The van der Waals surface area contributed by atoms with Crippen LogP contribution in [0.4, 0.5) is 0 Å². The van der Waals surface area contributed by atoms with E-state index in [2.05, 4.69) is 0 Å². The lowest BCUT2D eigenvalue weighted by molar-refractivity contribution is 0.0697. The second-order valence-corrected chi connectivity index (χ2v) is 3.12. The molecule has 1 N–H and O–H groups in total. The van der Waals surface area contributed by atoms with Crippen molar-refractivity contribution in [3.8, 4) is 0 Å². The van der Waals surface area contributed by atoms with E-state index in [-0.39, 0.29) is 5.56 Å². The standard InChI is InChI=1S/C11H10O3/c1-2-9-5-7-3-4-8(11(12)13)6-10(7)14-9/h3-6H,2H2,1H3,(H,12,13). The smallest absolute Gasteiger partial charge is 0.335 e. The summed E-state index contributed by atoms with van der Waals surface area (Å²) in [5, 5.41) is 9.72. The van der Waals surface area contributed by atoms with Gasteiger partial charge in [-0.15, -0.1) is 0 Å². The van der Waals surface area contributed by atoms with E-state index >= 15 is 0 Å². The fourth-order valence-corrected chi connectivity index (χ4v) is 1.39. The van der Waals surface area contributed by atoms with E-state index < -0.39 is 5.97 Å². The van der Waals surface area contributed by atoms with Crippen molar-refractivity contribution in [2.75, 3.05) is 0 Å².